The van der Waals surface area contributed by atoms with Crippen molar-refractivity contribution in [3.63, 3.8) is 0 Å². The number of ether oxygens (including phenoxy) is 12. The van der Waals surface area contributed by atoms with E-state index in [0.29, 0.717) is 57.8 Å². The first-order valence-corrected chi connectivity index (χ1v) is 37.5. The van der Waals surface area contributed by atoms with Crippen LogP contribution in [0.5, 0.6) is 0 Å². The minimum Gasteiger partial charge on any atom is -0.481 e. The summed E-state index contributed by atoms with van der Waals surface area (Å²) in [7, 11) is 0. The number of aliphatic hydroxyl groups is 6. The van der Waals surface area contributed by atoms with Gasteiger partial charge in [-0.05, 0) is 64.2 Å². The van der Waals surface area contributed by atoms with Gasteiger partial charge in [0.1, 0.15) is 77.1 Å². The smallest absolute Gasteiger partial charge is 0.303 e. The summed E-state index contributed by atoms with van der Waals surface area (Å²) in [4.78, 5) is 136. The van der Waals surface area contributed by atoms with E-state index in [-0.39, 0.29) is 232 Å². The van der Waals surface area contributed by atoms with E-state index in [9.17, 15) is 88.5 Å². The van der Waals surface area contributed by atoms with E-state index >= 15 is 0 Å². The van der Waals surface area contributed by atoms with Crippen LogP contribution in [-0.2, 0) is 110 Å². The second-order valence-electron chi connectivity index (χ2n) is 28.2. The summed E-state index contributed by atoms with van der Waals surface area (Å²) in [6.45, 7) is 4.17. The van der Waals surface area contributed by atoms with Crippen LogP contribution in [0.15, 0.2) is 0 Å². The fourth-order valence-electron chi connectivity index (χ4n) is 12.9. The number of unbranched alkanes of at least 4 members (excludes halogenated alkanes) is 3. The first-order valence-electron chi connectivity index (χ1n) is 37.5. The fraction of sp³-hybridized carbons (Fsp3) is 0.841. The minimum atomic E-state index is -1.50. The molecule has 6 aliphatic rings. The van der Waals surface area contributed by atoms with Crippen molar-refractivity contribution in [2.75, 3.05) is 138 Å². The Labute approximate surface area is 632 Å². The molecule has 0 aromatic rings. The number of carboxylic acids is 1. The van der Waals surface area contributed by atoms with Gasteiger partial charge in [-0.25, -0.2) is 0 Å². The van der Waals surface area contributed by atoms with E-state index in [0.717, 1.165) is 0 Å². The lowest BCUT2D eigenvalue weighted by molar-refractivity contribution is -0.237. The molecule has 40 nitrogen and oxygen atoms in total. The molecule has 6 aliphatic heterocycles. The lowest BCUT2D eigenvalue weighted by Crippen LogP contribution is -2.66. The largest absolute Gasteiger partial charge is 0.481 e. The molecule has 0 aromatic carbocycles. The Morgan fingerprint density at radius 1 is 0.349 bits per heavy atom. The normalized spacial score (nSPS) is 27.2. The zero-order valence-electron chi connectivity index (χ0n) is 62.5. The Hall–Kier alpha value is -6.55. The Balaban J connectivity index is 0.876. The van der Waals surface area contributed by atoms with Crippen molar-refractivity contribution >= 4 is 65.0 Å². The van der Waals surface area contributed by atoms with Crippen LogP contribution in [-0.4, -0.2) is 335 Å². The van der Waals surface area contributed by atoms with Crippen molar-refractivity contribution in [3.8, 4) is 0 Å². The Morgan fingerprint density at radius 2 is 0.624 bits per heavy atom. The number of nitrogens with one attached hydrogen (secondary N) is 10. The van der Waals surface area contributed by atoms with Gasteiger partial charge in [-0.3, -0.25) is 52.7 Å². The standard InChI is InChI=1S/C69H116N10O30/c1-43(80)76-54-57(92)60(95)67(40-104-63(54)107-67)37-98-28-7-4-14-46(83)70-22-11-25-73-49(86)19-31-101-34-66(79-52(89)17-10-18-53(90)91,35-102-32-20-50(87)74-26-12-23-71-47(84)15-5-8-29-99-38-68-41-105-64(108-68)55(77-44(2)81)58(93)61(68)96)36-103-33-21-51(88)75-27-13-24-72-48(85)16-6-9-30-100-39-69-42-106-65(109-69)56(78-45(3)82)59(94)62(69)97/h54-65,92-97H,4-42H2,1-3H3,(H,70,83)(H,71,84)(H,72,85)(H,73,86)(H,74,87)(H,75,88)(H,76,80)(H,77,81)(H,78,82)(H,79,89)(H,90,91)/t54-,55-,56-,57-,58-,59-,60-,61-,62-,63+,64+,65+,67+,68+,69+/m1/s1. The molecule has 6 fully saturated rings. The van der Waals surface area contributed by atoms with Gasteiger partial charge in [0.2, 0.25) is 59.1 Å². The number of carboxylic acid groups (broad SMARTS) is 1. The van der Waals surface area contributed by atoms with Gasteiger partial charge in [-0.1, -0.05) is 0 Å². The molecule has 40 heteroatoms. The van der Waals surface area contributed by atoms with Gasteiger partial charge in [-0.2, -0.15) is 0 Å². The number of aliphatic hydroxyl groups excluding tert-OH is 6. The summed E-state index contributed by atoms with van der Waals surface area (Å²) in [5, 5.41) is 100. The van der Waals surface area contributed by atoms with E-state index in [1.807, 2.05) is 0 Å². The molecule has 0 aromatic heterocycles. The van der Waals surface area contributed by atoms with Crippen molar-refractivity contribution in [1.82, 2.24) is 53.2 Å². The predicted molar refractivity (Wildman–Crippen MR) is 374 cm³/mol. The Kier molecular flexibility index (Phi) is 39.4. The van der Waals surface area contributed by atoms with Crippen LogP contribution in [0.2, 0.25) is 0 Å². The van der Waals surface area contributed by atoms with Crippen LogP contribution < -0.4 is 53.2 Å². The average molecular weight is 1570 g/mol. The van der Waals surface area contributed by atoms with E-state index in [4.69, 9.17) is 56.8 Å². The highest BCUT2D eigenvalue weighted by atomic mass is 16.8. The molecule has 0 radical (unpaired) electrons. The number of fused-ring (bicyclic) bond motifs is 6. The third-order valence-electron chi connectivity index (χ3n) is 18.8. The molecule has 0 spiro atoms. The molecule has 622 valence electrons. The van der Waals surface area contributed by atoms with Crippen LogP contribution >= 0.6 is 0 Å². The van der Waals surface area contributed by atoms with E-state index < -0.39 is 126 Å². The quantitative estimate of drug-likeness (QED) is 0.0252. The van der Waals surface area contributed by atoms with Crippen molar-refractivity contribution in [2.45, 2.75) is 232 Å². The number of carbonyl (C=O) groups excluding carboxylic acids is 10. The highest BCUT2D eigenvalue weighted by molar-refractivity contribution is 5.79. The molecule has 0 aliphatic carbocycles. The molecule has 6 heterocycles. The lowest BCUT2D eigenvalue weighted by atomic mass is 9.88. The van der Waals surface area contributed by atoms with Gasteiger partial charge >= 0.3 is 5.97 Å². The van der Waals surface area contributed by atoms with E-state index in [1.165, 1.54) is 20.8 Å². The van der Waals surface area contributed by atoms with Crippen LogP contribution in [0.3, 0.4) is 0 Å². The maximum absolute atomic E-state index is 13.5. The van der Waals surface area contributed by atoms with Crippen LogP contribution in [0, 0.1) is 0 Å². The number of amides is 10. The summed E-state index contributed by atoms with van der Waals surface area (Å²) in [5.74, 6) is -4.77. The topological polar surface area (TPSA) is 560 Å². The van der Waals surface area contributed by atoms with Gasteiger partial charge in [0, 0.05) is 131 Å². The molecular weight excluding hydrogens is 1450 g/mol. The van der Waals surface area contributed by atoms with Crippen molar-refractivity contribution < 1.29 is 145 Å². The highest BCUT2D eigenvalue weighted by Crippen LogP contribution is 2.40. The number of hydrogen-bond acceptors (Lipinski definition) is 29. The number of hydrogen-bond donors (Lipinski definition) is 17. The number of rotatable bonds is 56. The maximum Gasteiger partial charge on any atom is 0.303 e. The van der Waals surface area contributed by atoms with Crippen molar-refractivity contribution in [2.24, 2.45) is 0 Å². The number of carbonyl (C=O) groups is 11. The zero-order valence-corrected chi connectivity index (χ0v) is 62.5. The van der Waals surface area contributed by atoms with Gasteiger partial charge in [0.25, 0.3) is 0 Å². The summed E-state index contributed by atoms with van der Waals surface area (Å²) in [6, 6.07) is -2.82. The Bertz CT molecular complexity index is 2640. The molecule has 0 unspecified atom stereocenters. The Morgan fingerprint density at radius 3 is 0.899 bits per heavy atom. The van der Waals surface area contributed by atoms with Crippen molar-refractivity contribution in [3.05, 3.63) is 0 Å². The van der Waals surface area contributed by atoms with E-state index in [1.54, 1.807) is 0 Å². The van der Waals surface area contributed by atoms with Gasteiger partial charge in [-0.15, -0.1) is 0 Å². The molecule has 17 N–H and O–H groups in total. The first kappa shape index (κ1) is 91.3. The third kappa shape index (κ3) is 30.5. The minimum absolute atomic E-state index is 0.0160. The second-order valence-corrected chi connectivity index (χ2v) is 28.2. The third-order valence-corrected chi connectivity index (χ3v) is 18.8. The van der Waals surface area contributed by atoms with Gasteiger partial charge < -0.3 is 146 Å². The molecule has 6 rings (SSSR count). The van der Waals surface area contributed by atoms with Crippen molar-refractivity contribution in [1.29, 1.82) is 0 Å². The van der Waals surface area contributed by atoms with E-state index in [2.05, 4.69) is 53.2 Å². The molecule has 109 heavy (non-hydrogen) atoms. The summed E-state index contributed by atoms with van der Waals surface area (Å²) < 4.78 is 69.4. The van der Waals surface area contributed by atoms with Crippen LogP contribution in [0.4, 0.5) is 0 Å². The predicted octanol–water partition coefficient (Wildman–Crippen LogP) is -6.20. The average Bonchev–Trinajstić information content (AvgIpc) is 1.63. The maximum atomic E-state index is 13.5. The SMILES string of the molecule is CC(=O)N[C@H]1[C@H]2OC[C@](COCCCCC(=O)NCCCNC(=O)CCOCC(COCCC(=O)NCCCNC(=O)CCCCOC[C@@]34CO[C@@H](O3)[C@H](NC(C)=O)[C@@H](O)[C@H]4O)(COCCC(=O)NCCCNC(=O)CCCCOC[C@@]34CO[C@@H](O3)[C@H](NC(C)=O)[C@@H](O)[C@H]4O)NC(=O)CCCC(=O)O)(O2)[C@H](O)[C@@H]1O. The monoisotopic (exact) mass is 1560 g/mol. The fourth-order valence-corrected chi connectivity index (χ4v) is 12.9. The summed E-state index contributed by atoms with van der Waals surface area (Å²) in [5.41, 5.74) is -5.42. The second kappa shape index (κ2) is 47.1. The molecule has 10 amide bonds. The summed E-state index contributed by atoms with van der Waals surface area (Å²) >= 11 is 0. The zero-order chi connectivity index (χ0) is 79.4. The summed E-state index contributed by atoms with van der Waals surface area (Å²) in [6.07, 6.45) is -7.19. The van der Waals surface area contributed by atoms with Gasteiger partial charge in [0.15, 0.2) is 18.9 Å². The first-order chi connectivity index (χ1) is 52.1. The molecule has 6 saturated heterocycles. The lowest BCUT2D eigenvalue weighted by Gasteiger charge is -2.42. The molecule has 0 saturated carbocycles. The van der Waals surface area contributed by atoms with Crippen LogP contribution in [0.25, 0.3) is 0 Å². The number of aliphatic carboxylic acids is 1. The molecular formula is C69H116N10O30. The highest BCUT2D eigenvalue weighted by Gasteiger charge is 2.62. The molecule has 6 bridgehead atoms. The molecule has 15 atom stereocenters. The van der Waals surface area contributed by atoms with Gasteiger partial charge in [0.05, 0.1) is 79.3 Å². The van der Waals surface area contributed by atoms with Crippen LogP contribution in [0.1, 0.15) is 136 Å².